The number of halogens is 3. The summed E-state index contributed by atoms with van der Waals surface area (Å²) in [5.74, 6) is -4.27. The van der Waals surface area contributed by atoms with Gasteiger partial charge in [0.15, 0.2) is 5.78 Å². The molecule has 41 heavy (non-hydrogen) atoms. The first-order chi connectivity index (χ1) is 19.2. The van der Waals surface area contributed by atoms with Gasteiger partial charge in [-0.3, -0.25) is 20.3 Å². The molecule has 3 aromatic carbocycles. The third-order valence-corrected chi connectivity index (χ3v) is 5.69. The van der Waals surface area contributed by atoms with Gasteiger partial charge in [0.2, 0.25) is 0 Å². The maximum Gasteiger partial charge on any atom is 0.417 e. The molecule has 5 N–H and O–H groups in total. The van der Waals surface area contributed by atoms with E-state index >= 15 is 0 Å². The number of hydrogen-bond acceptors (Lipinski definition) is 8. The van der Waals surface area contributed by atoms with Gasteiger partial charge in [0.05, 0.1) is 35.6 Å². The number of rotatable bonds is 7. The normalized spacial score (nSPS) is 10.7. The summed E-state index contributed by atoms with van der Waals surface area (Å²) in [6.45, 7) is 1.04. The second kappa shape index (κ2) is 11.6. The molecule has 0 saturated heterocycles. The van der Waals surface area contributed by atoms with E-state index in [2.05, 4.69) is 15.4 Å². The average Bonchev–Trinajstić information content (AvgIpc) is 2.91. The smallest absolute Gasteiger partial charge is 0.417 e. The number of methoxy groups -OCH3 is 1. The lowest BCUT2D eigenvalue weighted by atomic mass is 9.90. The van der Waals surface area contributed by atoms with Crippen molar-refractivity contribution in [3.05, 3.63) is 76.3 Å². The van der Waals surface area contributed by atoms with E-state index in [1.807, 2.05) is 0 Å². The zero-order chi connectivity index (χ0) is 30.6. The molecule has 14 heteroatoms. The summed E-state index contributed by atoms with van der Waals surface area (Å²) >= 11 is 0. The van der Waals surface area contributed by atoms with E-state index in [1.54, 1.807) is 6.07 Å². The number of carboxylic acid groups (broad SMARTS) is 1. The molecular formula is C27H19F3N4O7. The van der Waals surface area contributed by atoms with Crippen molar-refractivity contribution in [1.82, 2.24) is 0 Å². The fourth-order valence-corrected chi connectivity index (χ4v) is 3.77. The Balaban J connectivity index is 2.14. The quantitative estimate of drug-likeness (QED) is 0.194. The predicted molar refractivity (Wildman–Crippen MR) is 138 cm³/mol. The number of alkyl halides is 3. The molecule has 0 fully saturated rings. The number of hydrogen-bond donors (Lipinski definition) is 5. The molecule has 0 spiro atoms. The number of aromatic hydroxyl groups is 1. The van der Waals surface area contributed by atoms with Gasteiger partial charge in [0.25, 0.3) is 5.91 Å². The first-order valence-electron chi connectivity index (χ1n) is 11.3. The van der Waals surface area contributed by atoms with Gasteiger partial charge in [-0.15, -0.1) is 0 Å². The van der Waals surface area contributed by atoms with Gasteiger partial charge in [0, 0.05) is 16.8 Å². The van der Waals surface area contributed by atoms with E-state index in [0.717, 1.165) is 50.4 Å². The second-order valence-corrected chi connectivity index (χ2v) is 8.35. The molecule has 11 nitrogen and oxygen atoms in total. The zero-order valence-corrected chi connectivity index (χ0v) is 21.1. The minimum atomic E-state index is -5.00. The van der Waals surface area contributed by atoms with Gasteiger partial charge < -0.3 is 20.3 Å². The lowest BCUT2D eigenvalue weighted by molar-refractivity contribution is -0.137. The van der Waals surface area contributed by atoms with Crippen molar-refractivity contribution in [2.45, 2.75) is 13.1 Å². The summed E-state index contributed by atoms with van der Waals surface area (Å²) in [4.78, 5) is 48.3. The Bertz CT molecular complexity index is 1660. The van der Waals surface area contributed by atoms with E-state index in [1.165, 1.54) is 6.07 Å². The van der Waals surface area contributed by atoms with E-state index in [-0.39, 0.29) is 28.1 Å². The summed E-state index contributed by atoms with van der Waals surface area (Å²) in [5.41, 5.74) is -5.21. The van der Waals surface area contributed by atoms with Crippen LogP contribution in [0.4, 0.5) is 29.3 Å². The minimum Gasteiger partial charge on any atom is -0.507 e. The monoisotopic (exact) mass is 568 g/mol. The average molecular weight is 568 g/mol. The van der Waals surface area contributed by atoms with Crippen LogP contribution in [0, 0.1) is 16.7 Å². The molecule has 3 rings (SSSR count). The Kier molecular flexibility index (Phi) is 8.43. The van der Waals surface area contributed by atoms with Gasteiger partial charge in [-0.1, -0.05) is 6.07 Å². The maximum absolute atomic E-state index is 14.1. The van der Waals surface area contributed by atoms with Crippen molar-refractivity contribution in [2.75, 3.05) is 17.7 Å². The van der Waals surface area contributed by atoms with Crippen molar-refractivity contribution in [2.24, 2.45) is 0 Å². The molecule has 0 unspecified atom stereocenters. The van der Waals surface area contributed by atoms with E-state index in [0.29, 0.717) is 6.07 Å². The Morgan fingerprint density at radius 1 is 0.951 bits per heavy atom. The molecule has 3 aromatic rings. The van der Waals surface area contributed by atoms with Gasteiger partial charge in [-0.25, -0.2) is 9.59 Å². The van der Waals surface area contributed by atoms with Gasteiger partial charge in [-0.2, -0.15) is 18.4 Å². The highest BCUT2D eigenvalue weighted by molar-refractivity contribution is 6.48. The number of carboxylic acids is 1. The highest BCUT2D eigenvalue weighted by atomic mass is 19.4. The SMILES string of the molecule is COC(=O)Nc1ccc(-c2cc(C(=N)C(=O)Nc3ccc(C#N)cc3C(=O)O)c(O)cc2C(C)=O)c(C(F)(F)F)c1. The van der Waals surface area contributed by atoms with Crippen LogP contribution < -0.4 is 10.6 Å². The second-order valence-electron chi connectivity index (χ2n) is 8.35. The van der Waals surface area contributed by atoms with Crippen LogP contribution >= 0.6 is 0 Å². The number of anilines is 2. The third-order valence-electron chi connectivity index (χ3n) is 5.69. The number of phenols is 1. The summed E-state index contributed by atoms with van der Waals surface area (Å²) in [5, 5.41) is 41.5. The summed E-state index contributed by atoms with van der Waals surface area (Å²) in [6.07, 6.45) is -6.03. The van der Waals surface area contributed by atoms with Crippen LogP contribution in [-0.4, -0.2) is 46.8 Å². The fraction of sp³-hybridized carbons (Fsp3) is 0.111. The van der Waals surface area contributed by atoms with Crippen LogP contribution in [0.5, 0.6) is 5.75 Å². The fourth-order valence-electron chi connectivity index (χ4n) is 3.77. The standard InChI is InChI=1S/C27H19F3N4O7/c1-12(35)16-10-22(36)19(23(32)24(37)34-21-6-3-13(11-31)7-18(21)25(38)39)9-17(16)15-5-4-14(33-26(40)41-2)8-20(15)27(28,29)30/h3-10,32,36H,1-2H3,(H,33,40)(H,34,37)(H,38,39). The van der Waals surface area contributed by atoms with E-state index in [4.69, 9.17) is 10.7 Å². The Labute approximate surface area is 229 Å². The number of nitrogens with one attached hydrogen (secondary N) is 3. The van der Waals surface area contributed by atoms with Crippen LogP contribution in [0.15, 0.2) is 48.5 Å². The lowest BCUT2D eigenvalue weighted by Crippen LogP contribution is -2.24. The van der Waals surface area contributed by atoms with Crippen molar-refractivity contribution in [1.29, 1.82) is 10.7 Å². The number of carbonyl (C=O) groups excluding carboxylic acids is 3. The van der Waals surface area contributed by atoms with Crippen LogP contribution in [0.3, 0.4) is 0 Å². The highest BCUT2D eigenvalue weighted by Crippen LogP contribution is 2.41. The van der Waals surface area contributed by atoms with Crippen LogP contribution in [0.25, 0.3) is 11.1 Å². The van der Waals surface area contributed by atoms with Crippen LogP contribution in [0.2, 0.25) is 0 Å². The summed E-state index contributed by atoms with van der Waals surface area (Å²) < 4.78 is 46.6. The molecule has 0 aliphatic carbocycles. The third kappa shape index (κ3) is 6.48. The molecule has 210 valence electrons. The predicted octanol–water partition coefficient (Wildman–Crippen LogP) is 5.04. The zero-order valence-electron chi connectivity index (χ0n) is 21.1. The molecule has 0 atom stereocenters. The van der Waals surface area contributed by atoms with Gasteiger partial charge >= 0.3 is 18.2 Å². The number of aromatic carboxylic acids is 1. The van der Waals surface area contributed by atoms with Gasteiger partial charge in [-0.05, 0) is 60.5 Å². The van der Waals surface area contributed by atoms with Crippen molar-refractivity contribution in [3.8, 4) is 22.9 Å². The van der Waals surface area contributed by atoms with E-state index in [9.17, 15) is 42.6 Å². The summed E-state index contributed by atoms with van der Waals surface area (Å²) in [6, 6.07) is 9.35. The van der Waals surface area contributed by atoms with Crippen molar-refractivity contribution >= 4 is 40.8 Å². The minimum absolute atomic E-state index is 0.0224. The molecule has 0 aliphatic heterocycles. The molecule has 2 amide bonds. The van der Waals surface area contributed by atoms with Crippen LogP contribution in [0.1, 0.15) is 44.3 Å². The topological polar surface area (TPSA) is 190 Å². The number of benzene rings is 3. The molecule has 0 heterocycles. The number of phenolic OH excluding ortho intramolecular Hbond substituents is 1. The Hall–Kier alpha value is -5.71. The molecule has 0 aromatic heterocycles. The first-order valence-corrected chi connectivity index (χ1v) is 11.3. The molecular weight excluding hydrogens is 549 g/mol. The Morgan fingerprint density at radius 3 is 2.20 bits per heavy atom. The number of ether oxygens (including phenoxy) is 1. The number of amides is 2. The molecule has 0 radical (unpaired) electrons. The van der Waals surface area contributed by atoms with Crippen LogP contribution in [-0.2, 0) is 15.7 Å². The van der Waals surface area contributed by atoms with E-state index < -0.39 is 63.6 Å². The lowest BCUT2D eigenvalue weighted by Gasteiger charge is -2.18. The number of ketones is 1. The van der Waals surface area contributed by atoms with Crippen molar-refractivity contribution in [3.63, 3.8) is 0 Å². The largest absolute Gasteiger partial charge is 0.507 e. The Morgan fingerprint density at radius 2 is 1.63 bits per heavy atom. The first kappa shape index (κ1) is 29.8. The number of nitrogens with zero attached hydrogens (tertiary/aromatic N) is 1. The van der Waals surface area contributed by atoms with Crippen molar-refractivity contribution < 1.29 is 47.3 Å². The highest BCUT2D eigenvalue weighted by Gasteiger charge is 2.35. The van der Waals surface area contributed by atoms with Gasteiger partial charge in [0.1, 0.15) is 11.5 Å². The number of nitriles is 1. The number of Topliss-reactive ketones (excluding diaryl/α,β-unsaturated/α-hetero) is 1. The summed E-state index contributed by atoms with van der Waals surface area (Å²) in [7, 11) is 1.01. The molecule has 0 aliphatic rings. The number of carbonyl (C=O) groups is 4. The molecule has 0 bridgehead atoms. The molecule has 0 saturated carbocycles. The maximum atomic E-state index is 14.1.